The van der Waals surface area contributed by atoms with E-state index >= 15 is 0 Å². The lowest BCUT2D eigenvalue weighted by molar-refractivity contribution is 0.102. The predicted octanol–water partition coefficient (Wildman–Crippen LogP) is 4.08. The molecule has 0 unspecified atom stereocenters. The third-order valence-electron chi connectivity index (χ3n) is 4.15. The van der Waals surface area contributed by atoms with Crippen molar-refractivity contribution in [1.82, 2.24) is 9.97 Å². The molecule has 26 heavy (non-hydrogen) atoms. The SMILES string of the molecule is Cc1nc(N(C)C)nc(C)c1NC(=O)c1ccc(-c2ccccc2)cc1. The van der Waals surface area contributed by atoms with E-state index in [0.29, 0.717) is 17.2 Å². The molecule has 3 rings (SSSR count). The maximum Gasteiger partial charge on any atom is 0.255 e. The first kappa shape index (κ1) is 17.6. The molecule has 1 amide bonds. The van der Waals surface area contributed by atoms with Crippen LogP contribution in [-0.2, 0) is 0 Å². The summed E-state index contributed by atoms with van der Waals surface area (Å²) in [6.07, 6.45) is 0. The second-order valence-electron chi connectivity index (χ2n) is 6.36. The molecule has 0 spiro atoms. The summed E-state index contributed by atoms with van der Waals surface area (Å²) in [6.45, 7) is 3.74. The number of benzene rings is 2. The quantitative estimate of drug-likeness (QED) is 0.773. The molecule has 5 heteroatoms. The molecule has 3 aromatic rings. The largest absolute Gasteiger partial charge is 0.347 e. The van der Waals surface area contributed by atoms with Crippen LogP contribution in [0.3, 0.4) is 0 Å². The number of hydrogen-bond donors (Lipinski definition) is 1. The van der Waals surface area contributed by atoms with Crippen LogP contribution in [0.1, 0.15) is 21.7 Å². The zero-order valence-electron chi connectivity index (χ0n) is 15.4. The number of anilines is 2. The van der Waals surface area contributed by atoms with Gasteiger partial charge in [-0.1, -0.05) is 42.5 Å². The molecule has 0 aliphatic rings. The van der Waals surface area contributed by atoms with Crippen molar-refractivity contribution in [1.29, 1.82) is 0 Å². The highest BCUT2D eigenvalue weighted by molar-refractivity contribution is 6.05. The minimum Gasteiger partial charge on any atom is -0.347 e. The first-order valence-electron chi connectivity index (χ1n) is 8.45. The fourth-order valence-electron chi connectivity index (χ4n) is 2.71. The van der Waals surface area contributed by atoms with Crippen LogP contribution in [0, 0.1) is 13.8 Å². The van der Waals surface area contributed by atoms with Gasteiger partial charge in [0.05, 0.1) is 17.1 Å². The summed E-state index contributed by atoms with van der Waals surface area (Å²) in [5, 5.41) is 2.94. The molecule has 1 aromatic heterocycles. The monoisotopic (exact) mass is 346 g/mol. The lowest BCUT2D eigenvalue weighted by Crippen LogP contribution is -2.18. The van der Waals surface area contributed by atoms with E-state index in [9.17, 15) is 4.79 Å². The van der Waals surface area contributed by atoms with Crippen LogP contribution in [0.4, 0.5) is 11.6 Å². The standard InChI is InChI=1S/C21H22N4O/c1-14-19(15(2)23-21(22-14)25(3)4)24-20(26)18-12-10-17(11-13-18)16-8-6-5-7-9-16/h5-13H,1-4H3,(H,24,26). The summed E-state index contributed by atoms with van der Waals surface area (Å²) in [7, 11) is 3.78. The van der Waals surface area contributed by atoms with Crippen LogP contribution in [0.2, 0.25) is 0 Å². The summed E-state index contributed by atoms with van der Waals surface area (Å²) in [5.74, 6) is 0.460. The topological polar surface area (TPSA) is 58.1 Å². The highest BCUT2D eigenvalue weighted by Gasteiger charge is 2.14. The number of carbonyl (C=O) groups excluding carboxylic acids is 1. The average molecular weight is 346 g/mol. The number of carbonyl (C=O) groups is 1. The second kappa shape index (κ2) is 7.35. The van der Waals surface area contributed by atoms with Crippen molar-refractivity contribution in [3.63, 3.8) is 0 Å². The Morgan fingerprint density at radius 1 is 0.846 bits per heavy atom. The molecular formula is C21H22N4O. The van der Waals surface area contributed by atoms with Crippen molar-refractivity contribution >= 4 is 17.5 Å². The predicted molar refractivity (Wildman–Crippen MR) is 106 cm³/mol. The number of nitrogens with zero attached hydrogens (tertiary/aromatic N) is 3. The van der Waals surface area contributed by atoms with Crippen molar-refractivity contribution in [2.45, 2.75) is 13.8 Å². The Morgan fingerprint density at radius 2 is 1.38 bits per heavy atom. The summed E-state index contributed by atoms with van der Waals surface area (Å²) < 4.78 is 0. The zero-order chi connectivity index (χ0) is 18.7. The Morgan fingerprint density at radius 3 is 1.92 bits per heavy atom. The van der Waals surface area contributed by atoms with Gasteiger partial charge in [0.1, 0.15) is 0 Å². The van der Waals surface area contributed by atoms with E-state index in [4.69, 9.17) is 0 Å². The van der Waals surface area contributed by atoms with Gasteiger partial charge in [0.15, 0.2) is 0 Å². The van der Waals surface area contributed by atoms with E-state index in [2.05, 4.69) is 15.3 Å². The highest BCUT2D eigenvalue weighted by atomic mass is 16.1. The van der Waals surface area contributed by atoms with E-state index in [1.807, 2.05) is 87.4 Å². The summed E-state index contributed by atoms with van der Waals surface area (Å²) in [5.41, 5.74) is 4.95. The molecule has 0 aliphatic carbocycles. The fraction of sp³-hybridized carbons (Fsp3) is 0.190. The third kappa shape index (κ3) is 3.72. The van der Waals surface area contributed by atoms with E-state index in [1.165, 1.54) is 0 Å². The highest BCUT2D eigenvalue weighted by Crippen LogP contribution is 2.22. The van der Waals surface area contributed by atoms with Gasteiger partial charge in [-0.3, -0.25) is 4.79 Å². The molecule has 132 valence electrons. The molecule has 0 aliphatic heterocycles. The minimum atomic E-state index is -0.169. The molecule has 0 fully saturated rings. The van der Waals surface area contributed by atoms with E-state index in [0.717, 1.165) is 22.5 Å². The van der Waals surface area contributed by atoms with Crippen molar-refractivity contribution in [3.8, 4) is 11.1 Å². The Bertz CT molecular complexity index is 895. The number of aryl methyl sites for hydroxylation is 2. The number of rotatable bonds is 4. The lowest BCUT2D eigenvalue weighted by atomic mass is 10.0. The number of aromatic nitrogens is 2. The van der Waals surface area contributed by atoms with Crippen LogP contribution < -0.4 is 10.2 Å². The Labute approximate surface area is 153 Å². The molecule has 0 saturated carbocycles. The third-order valence-corrected chi connectivity index (χ3v) is 4.15. The lowest BCUT2D eigenvalue weighted by Gasteiger charge is -2.15. The van der Waals surface area contributed by atoms with Crippen LogP contribution in [0.15, 0.2) is 54.6 Å². The second-order valence-corrected chi connectivity index (χ2v) is 6.36. The Kier molecular flexibility index (Phi) is 4.98. The number of hydrogen-bond acceptors (Lipinski definition) is 4. The summed E-state index contributed by atoms with van der Waals surface area (Å²) in [6, 6.07) is 17.6. The normalized spacial score (nSPS) is 10.5. The molecule has 2 aromatic carbocycles. The molecule has 0 radical (unpaired) electrons. The van der Waals surface area contributed by atoms with Gasteiger partial charge in [0.25, 0.3) is 5.91 Å². The summed E-state index contributed by atoms with van der Waals surface area (Å²) >= 11 is 0. The number of amides is 1. The van der Waals surface area contributed by atoms with Crippen LogP contribution >= 0.6 is 0 Å². The molecule has 5 nitrogen and oxygen atoms in total. The van der Waals surface area contributed by atoms with Gasteiger partial charge in [-0.25, -0.2) is 9.97 Å². The van der Waals surface area contributed by atoms with Crippen molar-refractivity contribution in [3.05, 3.63) is 71.5 Å². The Balaban J connectivity index is 1.80. The van der Waals surface area contributed by atoms with Gasteiger partial charge in [0.2, 0.25) is 5.95 Å². The van der Waals surface area contributed by atoms with Gasteiger partial charge in [-0.2, -0.15) is 0 Å². The van der Waals surface area contributed by atoms with Gasteiger partial charge >= 0.3 is 0 Å². The van der Waals surface area contributed by atoms with Crippen LogP contribution in [0.5, 0.6) is 0 Å². The summed E-state index contributed by atoms with van der Waals surface area (Å²) in [4.78, 5) is 23.3. The van der Waals surface area contributed by atoms with Gasteiger partial charge < -0.3 is 10.2 Å². The van der Waals surface area contributed by atoms with Crippen molar-refractivity contribution in [2.24, 2.45) is 0 Å². The molecule has 0 atom stereocenters. The fourth-order valence-corrected chi connectivity index (χ4v) is 2.71. The van der Waals surface area contributed by atoms with Gasteiger partial charge in [0, 0.05) is 19.7 Å². The first-order chi connectivity index (χ1) is 12.5. The minimum absolute atomic E-state index is 0.169. The Hall–Kier alpha value is -3.21. The van der Waals surface area contributed by atoms with E-state index < -0.39 is 0 Å². The van der Waals surface area contributed by atoms with E-state index in [1.54, 1.807) is 0 Å². The maximum atomic E-state index is 12.6. The molecular weight excluding hydrogens is 324 g/mol. The van der Waals surface area contributed by atoms with Gasteiger partial charge in [-0.05, 0) is 37.1 Å². The van der Waals surface area contributed by atoms with E-state index in [-0.39, 0.29) is 5.91 Å². The molecule has 1 N–H and O–H groups in total. The average Bonchev–Trinajstić information content (AvgIpc) is 2.65. The zero-order valence-corrected chi connectivity index (χ0v) is 15.4. The maximum absolute atomic E-state index is 12.6. The van der Waals surface area contributed by atoms with Crippen LogP contribution in [0.25, 0.3) is 11.1 Å². The van der Waals surface area contributed by atoms with Crippen molar-refractivity contribution < 1.29 is 4.79 Å². The molecule has 1 heterocycles. The first-order valence-corrected chi connectivity index (χ1v) is 8.45. The number of nitrogens with one attached hydrogen (secondary N) is 1. The molecule has 0 saturated heterocycles. The van der Waals surface area contributed by atoms with Crippen molar-refractivity contribution in [2.75, 3.05) is 24.3 Å². The van der Waals surface area contributed by atoms with Crippen LogP contribution in [-0.4, -0.2) is 30.0 Å². The molecule has 0 bridgehead atoms. The van der Waals surface area contributed by atoms with Gasteiger partial charge in [-0.15, -0.1) is 0 Å². The smallest absolute Gasteiger partial charge is 0.255 e.